The summed E-state index contributed by atoms with van der Waals surface area (Å²) in [6.45, 7) is 4.06. The van der Waals surface area contributed by atoms with Gasteiger partial charge in [0.1, 0.15) is 16.4 Å². The van der Waals surface area contributed by atoms with Gasteiger partial charge in [0.05, 0.1) is 29.0 Å². The SMILES string of the molecule is COc1cc(C)c2[nH]ccc2c1C(C)(OC)c1nc2ccc(C#N)cc2s1. The number of methoxy groups -OCH3 is 2. The molecular weight excluding hydrogens is 358 g/mol. The summed E-state index contributed by atoms with van der Waals surface area (Å²) < 4.78 is 12.7. The summed E-state index contributed by atoms with van der Waals surface area (Å²) in [4.78, 5) is 8.12. The highest BCUT2D eigenvalue weighted by molar-refractivity contribution is 7.18. The molecule has 1 N–H and O–H groups in total. The van der Waals surface area contributed by atoms with Gasteiger partial charge in [0.15, 0.2) is 0 Å². The third-order valence-electron chi connectivity index (χ3n) is 5.04. The van der Waals surface area contributed by atoms with Gasteiger partial charge < -0.3 is 14.5 Å². The van der Waals surface area contributed by atoms with Gasteiger partial charge in [-0.1, -0.05) is 0 Å². The van der Waals surface area contributed by atoms with Crippen LogP contribution < -0.4 is 4.74 Å². The van der Waals surface area contributed by atoms with Gasteiger partial charge in [-0.2, -0.15) is 5.26 Å². The van der Waals surface area contributed by atoms with Crippen molar-refractivity contribution >= 4 is 32.5 Å². The Balaban J connectivity index is 2.01. The number of nitriles is 1. The molecule has 2 aromatic heterocycles. The van der Waals surface area contributed by atoms with E-state index in [2.05, 4.69) is 18.0 Å². The van der Waals surface area contributed by atoms with Crippen LogP contribution in [0.15, 0.2) is 36.5 Å². The van der Waals surface area contributed by atoms with Gasteiger partial charge in [0, 0.05) is 29.8 Å². The van der Waals surface area contributed by atoms with Gasteiger partial charge in [0.2, 0.25) is 0 Å². The molecule has 0 bridgehead atoms. The Morgan fingerprint density at radius 1 is 1.22 bits per heavy atom. The summed E-state index contributed by atoms with van der Waals surface area (Å²) in [6, 6.07) is 11.8. The molecule has 0 saturated carbocycles. The van der Waals surface area contributed by atoms with E-state index in [1.165, 1.54) is 11.3 Å². The predicted molar refractivity (Wildman–Crippen MR) is 107 cm³/mol. The van der Waals surface area contributed by atoms with E-state index in [1.807, 2.05) is 37.4 Å². The number of thiazole rings is 1. The number of nitrogens with zero attached hydrogens (tertiary/aromatic N) is 2. The van der Waals surface area contributed by atoms with Gasteiger partial charge >= 0.3 is 0 Å². The Morgan fingerprint density at radius 3 is 2.74 bits per heavy atom. The topological polar surface area (TPSA) is 70.9 Å². The molecule has 0 radical (unpaired) electrons. The summed E-state index contributed by atoms with van der Waals surface area (Å²) in [5, 5.41) is 11.0. The lowest BCUT2D eigenvalue weighted by atomic mass is 9.90. The smallest absolute Gasteiger partial charge is 0.145 e. The molecule has 0 spiro atoms. The maximum atomic E-state index is 9.17. The van der Waals surface area contributed by atoms with E-state index in [0.29, 0.717) is 5.56 Å². The van der Waals surface area contributed by atoms with Crippen LogP contribution in [0.1, 0.15) is 28.6 Å². The number of nitrogens with one attached hydrogen (secondary N) is 1. The van der Waals surface area contributed by atoms with Gasteiger partial charge in [-0.3, -0.25) is 0 Å². The first-order chi connectivity index (χ1) is 13.0. The zero-order valence-electron chi connectivity index (χ0n) is 15.6. The molecule has 27 heavy (non-hydrogen) atoms. The van der Waals surface area contributed by atoms with E-state index >= 15 is 0 Å². The molecule has 2 heterocycles. The van der Waals surface area contributed by atoms with E-state index in [4.69, 9.17) is 19.7 Å². The normalized spacial score (nSPS) is 13.6. The summed E-state index contributed by atoms with van der Waals surface area (Å²) in [5.41, 5.74) is 3.79. The molecule has 0 aliphatic rings. The Hall–Kier alpha value is -2.88. The van der Waals surface area contributed by atoms with E-state index in [9.17, 15) is 0 Å². The first kappa shape index (κ1) is 17.5. The third-order valence-corrected chi connectivity index (χ3v) is 6.26. The minimum absolute atomic E-state index is 0.623. The van der Waals surface area contributed by atoms with Crippen LogP contribution in [0.3, 0.4) is 0 Å². The highest BCUT2D eigenvalue weighted by Gasteiger charge is 2.37. The first-order valence-corrected chi connectivity index (χ1v) is 9.35. The second-order valence-corrected chi connectivity index (χ2v) is 7.62. The van der Waals surface area contributed by atoms with Crippen molar-refractivity contribution in [2.45, 2.75) is 19.4 Å². The maximum absolute atomic E-state index is 9.17. The maximum Gasteiger partial charge on any atom is 0.145 e. The standard InChI is InChI=1S/C21H19N3O2S/c1-12-9-16(25-3)18(14-7-8-23-19(12)14)21(2,26-4)20-24-15-6-5-13(11-22)10-17(15)27-20/h5-10,23H,1-4H3. The number of rotatable bonds is 4. The second-order valence-electron chi connectivity index (χ2n) is 6.59. The van der Waals surface area contributed by atoms with Gasteiger partial charge in [-0.15, -0.1) is 11.3 Å². The van der Waals surface area contributed by atoms with Crippen LogP contribution in [-0.2, 0) is 10.3 Å². The van der Waals surface area contributed by atoms with Gasteiger partial charge in [0.25, 0.3) is 0 Å². The molecule has 4 rings (SSSR count). The zero-order valence-corrected chi connectivity index (χ0v) is 16.4. The fraction of sp³-hybridized carbons (Fsp3) is 0.238. The summed E-state index contributed by atoms with van der Waals surface area (Å²) in [5.74, 6) is 0.765. The molecule has 6 heteroatoms. The number of aromatic nitrogens is 2. The predicted octanol–water partition coefficient (Wildman–Crippen LogP) is 4.88. The second kappa shape index (κ2) is 6.38. The molecule has 1 unspecified atom stereocenters. The largest absolute Gasteiger partial charge is 0.496 e. The molecule has 4 aromatic rings. The van der Waals surface area contributed by atoms with Crippen LogP contribution >= 0.6 is 11.3 Å². The van der Waals surface area contributed by atoms with Crippen LogP contribution in [0.4, 0.5) is 0 Å². The van der Waals surface area contributed by atoms with Crippen molar-refractivity contribution in [3.05, 3.63) is 58.2 Å². The summed E-state index contributed by atoms with van der Waals surface area (Å²) in [6.07, 6.45) is 1.92. The van der Waals surface area contributed by atoms with Crippen LogP contribution in [-0.4, -0.2) is 24.2 Å². The molecule has 0 amide bonds. The van der Waals surface area contributed by atoms with Crippen molar-refractivity contribution in [2.24, 2.45) is 0 Å². The fourth-order valence-corrected chi connectivity index (χ4v) is 4.66. The molecule has 0 saturated heterocycles. The Kier molecular flexibility index (Phi) is 4.14. The number of aryl methyl sites for hydroxylation is 1. The van der Waals surface area contributed by atoms with Crippen molar-refractivity contribution in [1.29, 1.82) is 5.26 Å². The van der Waals surface area contributed by atoms with E-state index in [0.717, 1.165) is 43.0 Å². The molecule has 1 atom stereocenters. The molecular formula is C21H19N3O2S. The first-order valence-electron chi connectivity index (χ1n) is 8.53. The van der Waals surface area contributed by atoms with E-state index in [1.54, 1.807) is 20.3 Å². The van der Waals surface area contributed by atoms with E-state index in [-0.39, 0.29) is 0 Å². The molecule has 0 aliphatic carbocycles. The lowest BCUT2D eigenvalue weighted by Gasteiger charge is -2.29. The number of benzene rings is 2. The van der Waals surface area contributed by atoms with Crippen molar-refractivity contribution in [2.75, 3.05) is 14.2 Å². The van der Waals surface area contributed by atoms with Crippen molar-refractivity contribution < 1.29 is 9.47 Å². The minimum atomic E-state index is -0.796. The average molecular weight is 377 g/mol. The molecule has 0 aliphatic heterocycles. The van der Waals surface area contributed by atoms with Gasteiger partial charge in [-0.05, 0) is 49.7 Å². The summed E-state index contributed by atoms with van der Waals surface area (Å²) >= 11 is 1.53. The van der Waals surface area contributed by atoms with Crippen molar-refractivity contribution in [1.82, 2.24) is 9.97 Å². The lowest BCUT2D eigenvalue weighted by molar-refractivity contribution is 0.0383. The lowest BCUT2D eigenvalue weighted by Crippen LogP contribution is -2.27. The van der Waals surface area contributed by atoms with Crippen LogP contribution in [0.2, 0.25) is 0 Å². The number of hydrogen-bond acceptors (Lipinski definition) is 5. The highest BCUT2D eigenvalue weighted by atomic mass is 32.1. The van der Waals surface area contributed by atoms with Crippen molar-refractivity contribution in [3.63, 3.8) is 0 Å². The number of H-pyrrole nitrogens is 1. The average Bonchev–Trinajstić information content (AvgIpc) is 3.33. The Morgan fingerprint density at radius 2 is 2.04 bits per heavy atom. The number of ether oxygens (including phenoxy) is 2. The number of fused-ring (bicyclic) bond motifs is 2. The fourth-order valence-electron chi connectivity index (χ4n) is 3.53. The Bertz CT molecular complexity index is 1200. The minimum Gasteiger partial charge on any atom is -0.496 e. The van der Waals surface area contributed by atoms with Crippen molar-refractivity contribution in [3.8, 4) is 11.8 Å². The molecule has 5 nitrogen and oxygen atoms in total. The van der Waals surface area contributed by atoms with Crippen LogP contribution in [0, 0.1) is 18.3 Å². The van der Waals surface area contributed by atoms with Crippen LogP contribution in [0.25, 0.3) is 21.1 Å². The van der Waals surface area contributed by atoms with Crippen LogP contribution in [0.5, 0.6) is 5.75 Å². The molecule has 136 valence electrons. The number of aromatic amines is 1. The molecule has 0 fully saturated rings. The Labute approximate surface area is 161 Å². The quantitative estimate of drug-likeness (QED) is 0.550. The zero-order chi connectivity index (χ0) is 19.2. The monoisotopic (exact) mass is 377 g/mol. The number of hydrogen-bond donors (Lipinski definition) is 1. The highest BCUT2D eigenvalue weighted by Crippen LogP contribution is 2.45. The summed E-state index contributed by atoms with van der Waals surface area (Å²) in [7, 11) is 3.36. The molecule has 2 aromatic carbocycles. The van der Waals surface area contributed by atoms with Gasteiger partial charge in [-0.25, -0.2) is 4.98 Å². The van der Waals surface area contributed by atoms with E-state index < -0.39 is 5.60 Å². The third kappa shape index (κ3) is 2.59.